The van der Waals surface area contributed by atoms with Gasteiger partial charge in [-0.15, -0.1) is 0 Å². The summed E-state index contributed by atoms with van der Waals surface area (Å²) >= 11 is 0. The normalized spacial score (nSPS) is 27.5. The van der Waals surface area contributed by atoms with Crippen LogP contribution < -0.4 is 0 Å². The van der Waals surface area contributed by atoms with E-state index in [4.69, 9.17) is 9.47 Å². The van der Waals surface area contributed by atoms with E-state index in [-0.39, 0.29) is 6.61 Å². The number of benzene rings is 1. The van der Waals surface area contributed by atoms with Crippen LogP contribution in [-0.2, 0) is 15.9 Å². The maximum Gasteiger partial charge on any atom is 0.193 e. The highest BCUT2D eigenvalue weighted by atomic mass is 16.7. The van der Waals surface area contributed by atoms with E-state index < -0.39 is 5.79 Å². The molecule has 0 aliphatic carbocycles. The molecule has 1 atom stereocenters. The summed E-state index contributed by atoms with van der Waals surface area (Å²) in [7, 11) is 0. The largest absolute Gasteiger partial charge is 0.373 e. The van der Waals surface area contributed by atoms with E-state index in [0.29, 0.717) is 19.6 Å². The molecule has 1 aliphatic rings. The van der Waals surface area contributed by atoms with Gasteiger partial charge in [0.05, 0.1) is 13.2 Å². The third-order valence-electron chi connectivity index (χ3n) is 2.25. The van der Waals surface area contributed by atoms with Gasteiger partial charge in [-0.05, 0) is 5.56 Å². The number of ether oxygens (including phenoxy) is 2. The molecule has 0 aromatic heterocycles. The van der Waals surface area contributed by atoms with Gasteiger partial charge in [0, 0.05) is 6.42 Å². The average molecular weight is 194 g/mol. The molecule has 1 aromatic carbocycles. The van der Waals surface area contributed by atoms with Crippen molar-refractivity contribution in [1.82, 2.24) is 0 Å². The summed E-state index contributed by atoms with van der Waals surface area (Å²) in [5.74, 6) is -1.14. The highest BCUT2D eigenvalue weighted by molar-refractivity contribution is 5.16. The summed E-state index contributed by atoms with van der Waals surface area (Å²) in [6.45, 7) is 1.28. The average Bonchev–Trinajstić information content (AvgIpc) is 2.19. The Morgan fingerprint density at radius 2 is 2.00 bits per heavy atom. The highest BCUT2D eigenvalue weighted by Crippen LogP contribution is 2.18. The summed E-state index contributed by atoms with van der Waals surface area (Å²) < 4.78 is 10.5. The van der Waals surface area contributed by atoms with E-state index in [1.165, 1.54) is 0 Å². The highest BCUT2D eigenvalue weighted by Gasteiger charge is 2.31. The quantitative estimate of drug-likeness (QED) is 0.762. The standard InChI is InChI=1S/C11H14O3/c12-11(9-13-6-7-14-11)8-10-4-2-1-3-5-10/h1-5,12H,6-9H2. The second-order valence-electron chi connectivity index (χ2n) is 3.51. The molecule has 0 radical (unpaired) electrons. The molecule has 76 valence electrons. The van der Waals surface area contributed by atoms with Crippen LogP contribution in [0.1, 0.15) is 5.56 Å². The summed E-state index contributed by atoms with van der Waals surface area (Å²) in [6.07, 6.45) is 0.480. The molecule has 1 aliphatic heterocycles. The van der Waals surface area contributed by atoms with E-state index in [9.17, 15) is 5.11 Å². The van der Waals surface area contributed by atoms with E-state index in [2.05, 4.69) is 0 Å². The third-order valence-corrected chi connectivity index (χ3v) is 2.25. The minimum absolute atomic E-state index is 0.252. The molecule has 0 spiro atoms. The molecule has 1 heterocycles. The number of rotatable bonds is 2. The fourth-order valence-corrected chi connectivity index (χ4v) is 1.58. The lowest BCUT2D eigenvalue weighted by atomic mass is 10.1. The van der Waals surface area contributed by atoms with Crippen LogP contribution in [0.15, 0.2) is 30.3 Å². The molecule has 14 heavy (non-hydrogen) atoms. The van der Waals surface area contributed by atoms with Crippen molar-refractivity contribution in [3.8, 4) is 0 Å². The lowest BCUT2D eigenvalue weighted by molar-refractivity contribution is -0.267. The maximum absolute atomic E-state index is 9.98. The van der Waals surface area contributed by atoms with Gasteiger partial charge in [0.1, 0.15) is 6.61 Å². The number of hydrogen-bond donors (Lipinski definition) is 1. The zero-order chi connectivity index (χ0) is 9.86. The van der Waals surface area contributed by atoms with E-state index in [1.54, 1.807) is 0 Å². The lowest BCUT2D eigenvalue weighted by Gasteiger charge is -2.32. The zero-order valence-corrected chi connectivity index (χ0v) is 7.98. The van der Waals surface area contributed by atoms with Crippen molar-refractivity contribution >= 4 is 0 Å². The van der Waals surface area contributed by atoms with Gasteiger partial charge < -0.3 is 14.6 Å². The fourth-order valence-electron chi connectivity index (χ4n) is 1.58. The van der Waals surface area contributed by atoms with Gasteiger partial charge in [0.15, 0.2) is 5.79 Å². The van der Waals surface area contributed by atoms with Crippen LogP contribution in [0.25, 0.3) is 0 Å². The van der Waals surface area contributed by atoms with Crippen LogP contribution in [0, 0.1) is 0 Å². The second kappa shape index (κ2) is 4.09. The van der Waals surface area contributed by atoms with Crippen LogP contribution in [-0.4, -0.2) is 30.7 Å². The first kappa shape index (κ1) is 9.65. The Morgan fingerprint density at radius 1 is 1.21 bits per heavy atom. The van der Waals surface area contributed by atoms with Gasteiger partial charge in [-0.2, -0.15) is 0 Å². The molecule has 0 saturated carbocycles. The summed E-state index contributed by atoms with van der Waals surface area (Å²) in [4.78, 5) is 0. The van der Waals surface area contributed by atoms with Crippen LogP contribution in [0.4, 0.5) is 0 Å². The topological polar surface area (TPSA) is 38.7 Å². The molecule has 0 bridgehead atoms. The van der Waals surface area contributed by atoms with Gasteiger partial charge in [-0.3, -0.25) is 0 Å². The second-order valence-corrected chi connectivity index (χ2v) is 3.51. The zero-order valence-electron chi connectivity index (χ0n) is 7.98. The fraction of sp³-hybridized carbons (Fsp3) is 0.455. The Hall–Kier alpha value is -0.900. The van der Waals surface area contributed by atoms with Crippen molar-refractivity contribution in [3.05, 3.63) is 35.9 Å². The minimum Gasteiger partial charge on any atom is -0.373 e. The summed E-state index contributed by atoms with van der Waals surface area (Å²) in [5.41, 5.74) is 1.06. The van der Waals surface area contributed by atoms with Gasteiger partial charge in [-0.1, -0.05) is 30.3 Å². The first-order valence-corrected chi connectivity index (χ1v) is 4.77. The van der Waals surface area contributed by atoms with Gasteiger partial charge in [0.2, 0.25) is 0 Å². The monoisotopic (exact) mass is 194 g/mol. The molecule has 1 fully saturated rings. The van der Waals surface area contributed by atoms with Crippen molar-refractivity contribution in [3.63, 3.8) is 0 Å². The van der Waals surface area contributed by atoms with Crippen molar-refractivity contribution in [2.24, 2.45) is 0 Å². The number of aliphatic hydroxyl groups is 1. The van der Waals surface area contributed by atoms with Gasteiger partial charge in [-0.25, -0.2) is 0 Å². The first-order chi connectivity index (χ1) is 6.79. The molecular weight excluding hydrogens is 180 g/mol. The third kappa shape index (κ3) is 2.32. The molecule has 1 saturated heterocycles. The van der Waals surface area contributed by atoms with Crippen molar-refractivity contribution in [2.45, 2.75) is 12.2 Å². The molecule has 0 amide bonds. The van der Waals surface area contributed by atoms with Crippen LogP contribution in [0.2, 0.25) is 0 Å². The molecule has 1 N–H and O–H groups in total. The first-order valence-electron chi connectivity index (χ1n) is 4.77. The van der Waals surface area contributed by atoms with Gasteiger partial charge >= 0.3 is 0 Å². The van der Waals surface area contributed by atoms with Gasteiger partial charge in [0.25, 0.3) is 0 Å². The Morgan fingerprint density at radius 3 is 2.64 bits per heavy atom. The molecule has 2 rings (SSSR count). The van der Waals surface area contributed by atoms with Crippen LogP contribution in [0.5, 0.6) is 0 Å². The van der Waals surface area contributed by atoms with Crippen LogP contribution in [0.3, 0.4) is 0 Å². The summed E-state index contributed by atoms with van der Waals surface area (Å²) in [5, 5.41) is 9.98. The van der Waals surface area contributed by atoms with Crippen molar-refractivity contribution < 1.29 is 14.6 Å². The predicted molar refractivity (Wildman–Crippen MR) is 51.9 cm³/mol. The Bertz CT molecular complexity index is 278. The summed E-state index contributed by atoms with van der Waals surface area (Å²) in [6, 6.07) is 9.78. The Labute approximate surface area is 83.3 Å². The SMILES string of the molecule is OC1(Cc2ccccc2)COCCO1. The van der Waals surface area contributed by atoms with E-state index >= 15 is 0 Å². The van der Waals surface area contributed by atoms with Crippen LogP contribution >= 0.6 is 0 Å². The molecule has 1 aromatic rings. The van der Waals surface area contributed by atoms with Crippen molar-refractivity contribution in [2.75, 3.05) is 19.8 Å². The van der Waals surface area contributed by atoms with Crippen molar-refractivity contribution in [1.29, 1.82) is 0 Å². The Balaban J connectivity index is 2.02. The van der Waals surface area contributed by atoms with E-state index in [1.807, 2.05) is 30.3 Å². The number of hydrogen-bond acceptors (Lipinski definition) is 3. The molecule has 1 unspecified atom stereocenters. The smallest absolute Gasteiger partial charge is 0.193 e. The van der Waals surface area contributed by atoms with E-state index in [0.717, 1.165) is 5.56 Å². The molecule has 3 nitrogen and oxygen atoms in total. The maximum atomic E-state index is 9.98. The lowest BCUT2D eigenvalue weighted by Crippen LogP contribution is -2.44. The minimum atomic E-state index is -1.14. The molecule has 3 heteroatoms. The Kier molecular flexibility index (Phi) is 2.82. The predicted octanol–water partition coefficient (Wildman–Crippen LogP) is 0.964. The molecular formula is C11H14O3.